The van der Waals surface area contributed by atoms with E-state index in [1.54, 1.807) is 55.6 Å². The molecule has 0 unspecified atom stereocenters. The predicted molar refractivity (Wildman–Crippen MR) is 153 cm³/mol. The highest BCUT2D eigenvalue weighted by molar-refractivity contribution is 7.92. The molecule has 0 spiro atoms. The minimum atomic E-state index is -4.00. The number of anilines is 1. The van der Waals surface area contributed by atoms with E-state index in [4.69, 9.17) is 11.6 Å². The lowest BCUT2D eigenvalue weighted by Gasteiger charge is -2.25. The van der Waals surface area contributed by atoms with E-state index in [9.17, 15) is 13.2 Å². The summed E-state index contributed by atoms with van der Waals surface area (Å²) >= 11 is 6.02. The highest BCUT2D eigenvalue weighted by Gasteiger charge is 2.28. The number of nitrogens with one attached hydrogen (secondary N) is 1. The van der Waals surface area contributed by atoms with Gasteiger partial charge in [-0.3, -0.25) is 9.10 Å². The number of nitrogens with zero attached hydrogens (tertiary/aromatic N) is 3. The quantitative estimate of drug-likeness (QED) is 0.226. The van der Waals surface area contributed by atoms with Crippen LogP contribution in [0.4, 0.5) is 5.69 Å². The van der Waals surface area contributed by atoms with Gasteiger partial charge in [-0.05, 0) is 81.8 Å². The summed E-state index contributed by atoms with van der Waals surface area (Å²) < 4.78 is 30.3. The van der Waals surface area contributed by atoms with E-state index in [1.807, 2.05) is 57.2 Å². The monoisotopic (exact) mass is 548 g/mol. The first-order valence-corrected chi connectivity index (χ1v) is 13.8. The molecule has 0 bridgehead atoms. The normalized spacial score (nSPS) is 11.6. The van der Waals surface area contributed by atoms with Gasteiger partial charge in [0.2, 0.25) is 0 Å². The van der Waals surface area contributed by atoms with Gasteiger partial charge in [-0.15, -0.1) is 0 Å². The molecular weight excluding hydrogens is 520 g/mol. The molecule has 1 aromatic heterocycles. The van der Waals surface area contributed by atoms with Crippen LogP contribution >= 0.6 is 11.6 Å². The summed E-state index contributed by atoms with van der Waals surface area (Å²) in [5.74, 6) is -0.563. The highest BCUT2D eigenvalue weighted by atomic mass is 35.5. The van der Waals surface area contributed by atoms with E-state index in [2.05, 4.69) is 15.1 Å². The molecule has 0 saturated heterocycles. The maximum absolute atomic E-state index is 13.6. The maximum Gasteiger partial charge on any atom is 0.264 e. The number of para-hydroxylation sites is 1. The van der Waals surface area contributed by atoms with Gasteiger partial charge in [0, 0.05) is 27.7 Å². The van der Waals surface area contributed by atoms with Gasteiger partial charge in [0.25, 0.3) is 15.9 Å². The summed E-state index contributed by atoms with van der Waals surface area (Å²) in [5, 5.41) is 4.78. The lowest BCUT2D eigenvalue weighted by Crippen LogP contribution is -2.40. The molecule has 7 nitrogen and oxygen atoms in total. The number of hydrogen-bond acceptors (Lipinski definition) is 4. The molecule has 4 rings (SSSR count). The fraction of sp³-hybridized carbons (Fsp3) is 0.172. The van der Waals surface area contributed by atoms with Gasteiger partial charge in [-0.25, -0.2) is 13.8 Å². The second-order valence-electron chi connectivity index (χ2n) is 9.04. The number of hydrogen-bond donors (Lipinski definition) is 1. The van der Waals surface area contributed by atoms with Crippen molar-refractivity contribution < 1.29 is 13.2 Å². The number of aryl methyl sites for hydroxylation is 3. The number of halogens is 1. The van der Waals surface area contributed by atoms with Crippen molar-refractivity contribution in [2.75, 3.05) is 10.8 Å². The molecule has 0 atom stereocenters. The zero-order valence-corrected chi connectivity index (χ0v) is 23.2. The summed E-state index contributed by atoms with van der Waals surface area (Å²) in [6.45, 7) is 7.20. The van der Waals surface area contributed by atoms with Gasteiger partial charge in [0.15, 0.2) is 0 Å². The molecule has 1 N–H and O–H groups in total. The van der Waals surface area contributed by atoms with Crippen LogP contribution in [0, 0.1) is 27.7 Å². The van der Waals surface area contributed by atoms with Crippen molar-refractivity contribution in [1.29, 1.82) is 0 Å². The van der Waals surface area contributed by atoms with Crippen LogP contribution in [-0.4, -0.2) is 31.7 Å². The molecule has 9 heteroatoms. The SMILES string of the molecule is Cc1ccc(S(=O)(=O)N(CC(=O)N/N=C/c2cc(C)n(-c3ccc(Cl)cc3)c2C)c2ccccc2C)cc1. The third-order valence-corrected chi connectivity index (χ3v) is 8.25. The first-order valence-electron chi connectivity index (χ1n) is 12.0. The lowest BCUT2D eigenvalue weighted by atomic mass is 10.2. The molecule has 4 aromatic rings. The molecule has 0 saturated carbocycles. The van der Waals surface area contributed by atoms with Crippen molar-refractivity contribution in [2.24, 2.45) is 5.10 Å². The number of hydrazone groups is 1. The average Bonchev–Trinajstić information content (AvgIpc) is 3.16. The lowest BCUT2D eigenvalue weighted by molar-refractivity contribution is -0.119. The molecule has 3 aromatic carbocycles. The molecule has 0 aliphatic carbocycles. The van der Waals surface area contributed by atoms with E-state index >= 15 is 0 Å². The van der Waals surface area contributed by atoms with Crippen molar-refractivity contribution in [3.63, 3.8) is 0 Å². The van der Waals surface area contributed by atoms with Crippen LogP contribution in [0.15, 0.2) is 88.9 Å². The minimum Gasteiger partial charge on any atom is -0.318 e. The average molecular weight is 549 g/mol. The zero-order chi connectivity index (χ0) is 27.4. The first kappa shape index (κ1) is 27.2. The summed E-state index contributed by atoms with van der Waals surface area (Å²) in [7, 11) is -4.00. The molecule has 38 heavy (non-hydrogen) atoms. The Morgan fingerprint density at radius 3 is 2.29 bits per heavy atom. The van der Waals surface area contributed by atoms with E-state index in [0.29, 0.717) is 10.7 Å². The van der Waals surface area contributed by atoms with Gasteiger partial charge in [-0.1, -0.05) is 47.5 Å². The summed E-state index contributed by atoms with van der Waals surface area (Å²) in [4.78, 5) is 13.0. The Bertz CT molecular complexity index is 1590. The van der Waals surface area contributed by atoms with Gasteiger partial charge < -0.3 is 4.57 Å². The molecule has 0 radical (unpaired) electrons. The van der Waals surface area contributed by atoms with Crippen LogP contribution in [0.1, 0.15) is 28.1 Å². The van der Waals surface area contributed by atoms with Crippen LogP contribution < -0.4 is 9.73 Å². The second kappa shape index (κ2) is 11.2. The number of rotatable bonds is 8. The fourth-order valence-electron chi connectivity index (χ4n) is 4.23. The van der Waals surface area contributed by atoms with Gasteiger partial charge in [-0.2, -0.15) is 5.10 Å². The number of carbonyl (C=O) groups excluding carboxylic acids is 1. The van der Waals surface area contributed by atoms with Gasteiger partial charge >= 0.3 is 0 Å². The Kier molecular flexibility index (Phi) is 8.04. The first-order chi connectivity index (χ1) is 18.1. The summed E-state index contributed by atoms with van der Waals surface area (Å²) in [6, 6.07) is 23.1. The van der Waals surface area contributed by atoms with Crippen molar-refractivity contribution in [3.05, 3.63) is 112 Å². The van der Waals surface area contributed by atoms with E-state index in [1.165, 1.54) is 0 Å². The molecular formula is C29H29ClN4O3S. The molecule has 1 heterocycles. The van der Waals surface area contributed by atoms with E-state index < -0.39 is 22.5 Å². The van der Waals surface area contributed by atoms with Crippen molar-refractivity contribution >= 4 is 39.4 Å². The zero-order valence-electron chi connectivity index (χ0n) is 21.6. The molecule has 1 amide bonds. The van der Waals surface area contributed by atoms with Crippen LogP contribution in [0.3, 0.4) is 0 Å². The van der Waals surface area contributed by atoms with Gasteiger partial charge in [0.05, 0.1) is 16.8 Å². The molecule has 196 valence electrons. The van der Waals surface area contributed by atoms with Crippen molar-refractivity contribution in [1.82, 2.24) is 9.99 Å². The Labute approximate surface area is 228 Å². The summed E-state index contributed by atoms with van der Waals surface area (Å²) in [5.41, 5.74) is 8.29. The maximum atomic E-state index is 13.6. The standard InChI is InChI=1S/C29H29ClN4O3S/c1-20-9-15-27(16-10-20)38(36,37)33(28-8-6-5-7-21(28)2)19-29(35)32-31-18-24-17-22(3)34(23(24)4)26-13-11-25(30)12-14-26/h5-18H,19H2,1-4H3,(H,32,35)/b31-18+. The number of aromatic nitrogens is 1. The number of sulfonamides is 1. The van der Waals surface area contributed by atoms with Crippen molar-refractivity contribution in [2.45, 2.75) is 32.6 Å². The van der Waals surface area contributed by atoms with Crippen molar-refractivity contribution in [3.8, 4) is 5.69 Å². The predicted octanol–water partition coefficient (Wildman–Crippen LogP) is 5.71. The third-order valence-electron chi connectivity index (χ3n) is 6.23. The Hall–Kier alpha value is -3.88. The Morgan fingerprint density at radius 1 is 0.974 bits per heavy atom. The number of benzene rings is 3. The topological polar surface area (TPSA) is 83.8 Å². The fourth-order valence-corrected chi connectivity index (χ4v) is 5.84. The summed E-state index contributed by atoms with van der Waals surface area (Å²) in [6.07, 6.45) is 1.55. The number of amides is 1. The highest BCUT2D eigenvalue weighted by Crippen LogP contribution is 2.27. The second-order valence-corrected chi connectivity index (χ2v) is 11.3. The van der Waals surface area contributed by atoms with Crippen LogP contribution in [0.2, 0.25) is 5.02 Å². The number of carbonyl (C=O) groups is 1. The van der Waals surface area contributed by atoms with Crippen LogP contribution in [0.5, 0.6) is 0 Å². The third kappa shape index (κ3) is 5.82. The smallest absolute Gasteiger partial charge is 0.264 e. The van der Waals surface area contributed by atoms with E-state index in [0.717, 1.165) is 38.1 Å². The van der Waals surface area contributed by atoms with E-state index in [-0.39, 0.29) is 4.90 Å². The minimum absolute atomic E-state index is 0.109. The Morgan fingerprint density at radius 2 is 1.63 bits per heavy atom. The van der Waals surface area contributed by atoms with Gasteiger partial charge in [0.1, 0.15) is 6.54 Å². The van der Waals surface area contributed by atoms with Crippen LogP contribution in [0.25, 0.3) is 5.69 Å². The molecule has 0 fully saturated rings. The molecule has 0 aliphatic heterocycles. The Balaban J connectivity index is 1.56. The largest absolute Gasteiger partial charge is 0.318 e. The van der Waals surface area contributed by atoms with Crippen LogP contribution in [-0.2, 0) is 14.8 Å². The molecule has 0 aliphatic rings.